The predicted molar refractivity (Wildman–Crippen MR) is 77.3 cm³/mol. The van der Waals surface area contributed by atoms with Gasteiger partial charge >= 0.3 is 0 Å². The molecular weight excluding hydrogens is 268 g/mol. The molecule has 98 valence electrons. The summed E-state index contributed by atoms with van der Waals surface area (Å²) < 4.78 is 1.03. The van der Waals surface area contributed by atoms with Crippen LogP contribution in [0.15, 0.2) is 18.3 Å². The Kier molecular flexibility index (Phi) is 4.22. The van der Waals surface area contributed by atoms with Gasteiger partial charge in [0.05, 0.1) is 10.3 Å². The number of nitrogens with one attached hydrogen (secondary N) is 1. The van der Waals surface area contributed by atoms with Gasteiger partial charge in [0.1, 0.15) is 5.15 Å². The molecule has 0 aliphatic carbocycles. The average molecular weight is 285 g/mol. The lowest BCUT2D eigenvalue weighted by atomic mass is 10.0. The lowest BCUT2D eigenvalue weighted by Gasteiger charge is -2.21. The maximum Gasteiger partial charge on any atom is 0.146 e. The lowest BCUT2D eigenvalue weighted by molar-refractivity contribution is 0.0556. The molecule has 0 aliphatic rings. The van der Waals surface area contributed by atoms with E-state index in [-0.39, 0.29) is 0 Å². The normalized spacial score (nSPS) is 14.9. The van der Waals surface area contributed by atoms with E-state index < -0.39 is 5.60 Å². The average Bonchev–Trinajstić information content (AvgIpc) is 2.73. The number of nitrogens with zero attached hydrogens (tertiary/aromatic N) is 1. The second kappa shape index (κ2) is 5.53. The Hall–Kier alpha value is -0.680. The van der Waals surface area contributed by atoms with Gasteiger partial charge in [-0.1, -0.05) is 18.5 Å². The van der Waals surface area contributed by atoms with Crippen LogP contribution in [0.25, 0.3) is 10.1 Å². The first-order valence-electron chi connectivity index (χ1n) is 5.98. The SMILES string of the molecule is CCC(C)(O)CNCc1cc2ccnc(Cl)c2s1. The number of halogens is 1. The van der Waals surface area contributed by atoms with Crippen molar-refractivity contribution >= 4 is 33.0 Å². The van der Waals surface area contributed by atoms with Gasteiger partial charge in [0, 0.05) is 24.2 Å². The fraction of sp³-hybridized carbons (Fsp3) is 0.462. The van der Waals surface area contributed by atoms with Crippen molar-refractivity contribution < 1.29 is 5.11 Å². The first-order chi connectivity index (χ1) is 8.52. The molecule has 0 bridgehead atoms. The van der Waals surface area contributed by atoms with Gasteiger partial charge in [0.2, 0.25) is 0 Å². The van der Waals surface area contributed by atoms with Gasteiger partial charge in [-0.25, -0.2) is 4.98 Å². The summed E-state index contributed by atoms with van der Waals surface area (Å²) in [5.41, 5.74) is -0.643. The van der Waals surface area contributed by atoms with Crippen LogP contribution in [0.1, 0.15) is 25.1 Å². The second-order valence-electron chi connectivity index (χ2n) is 4.69. The molecule has 2 N–H and O–H groups in total. The number of rotatable bonds is 5. The Morgan fingerprint density at radius 2 is 2.33 bits per heavy atom. The highest BCUT2D eigenvalue weighted by atomic mass is 35.5. The summed E-state index contributed by atoms with van der Waals surface area (Å²) in [5.74, 6) is 0. The molecule has 3 nitrogen and oxygen atoms in total. The van der Waals surface area contributed by atoms with Crippen molar-refractivity contribution in [3.63, 3.8) is 0 Å². The highest BCUT2D eigenvalue weighted by Gasteiger charge is 2.16. The molecule has 2 heterocycles. The molecule has 0 aliphatic heterocycles. The molecule has 0 aromatic carbocycles. The fourth-order valence-electron chi connectivity index (χ4n) is 1.65. The van der Waals surface area contributed by atoms with Crippen molar-refractivity contribution in [2.75, 3.05) is 6.54 Å². The van der Waals surface area contributed by atoms with E-state index in [1.807, 2.05) is 19.9 Å². The van der Waals surface area contributed by atoms with E-state index in [2.05, 4.69) is 16.4 Å². The molecular formula is C13H17ClN2OS. The largest absolute Gasteiger partial charge is 0.389 e. The van der Waals surface area contributed by atoms with Crippen LogP contribution >= 0.6 is 22.9 Å². The summed E-state index contributed by atoms with van der Waals surface area (Å²) in [4.78, 5) is 5.27. The zero-order valence-corrected chi connectivity index (χ0v) is 12.1. The Morgan fingerprint density at radius 3 is 3.00 bits per heavy atom. The van der Waals surface area contributed by atoms with Crippen LogP contribution in [0.2, 0.25) is 5.15 Å². The standard InChI is InChI=1S/C13H17ClN2OS/c1-3-13(2,17)8-15-7-10-6-9-4-5-16-12(14)11(9)18-10/h4-6,15,17H,3,7-8H2,1-2H3. The van der Waals surface area contributed by atoms with E-state index in [9.17, 15) is 5.11 Å². The first kappa shape index (κ1) is 13.7. The summed E-state index contributed by atoms with van der Waals surface area (Å²) in [5, 5.41) is 14.8. The van der Waals surface area contributed by atoms with Crippen LogP contribution < -0.4 is 5.32 Å². The second-order valence-corrected chi connectivity index (χ2v) is 6.18. The van der Waals surface area contributed by atoms with Crippen LogP contribution in [0.5, 0.6) is 0 Å². The zero-order valence-electron chi connectivity index (χ0n) is 10.5. The van der Waals surface area contributed by atoms with E-state index in [4.69, 9.17) is 11.6 Å². The van der Waals surface area contributed by atoms with Crippen LogP contribution in [0.3, 0.4) is 0 Å². The zero-order chi connectivity index (χ0) is 13.2. The first-order valence-corrected chi connectivity index (χ1v) is 7.17. The van der Waals surface area contributed by atoms with Crippen molar-refractivity contribution in [3.05, 3.63) is 28.4 Å². The predicted octanol–water partition coefficient (Wildman–Crippen LogP) is 3.20. The van der Waals surface area contributed by atoms with Crippen LogP contribution in [0, 0.1) is 0 Å². The number of hydrogen-bond donors (Lipinski definition) is 2. The summed E-state index contributed by atoms with van der Waals surface area (Å²) in [6.45, 7) is 5.15. The topological polar surface area (TPSA) is 45.1 Å². The molecule has 0 radical (unpaired) electrons. The Bertz CT molecular complexity index is 539. The van der Waals surface area contributed by atoms with Gasteiger partial charge < -0.3 is 10.4 Å². The maximum atomic E-state index is 9.89. The molecule has 18 heavy (non-hydrogen) atoms. The smallest absolute Gasteiger partial charge is 0.146 e. The quantitative estimate of drug-likeness (QED) is 0.829. The van der Waals surface area contributed by atoms with Gasteiger partial charge in [-0.05, 0) is 30.9 Å². The monoisotopic (exact) mass is 284 g/mol. The number of aromatic nitrogens is 1. The maximum absolute atomic E-state index is 9.89. The molecule has 5 heteroatoms. The van der Waals surface area contributed by atoms with Crippen molar-refractivity contribution in [3.8, 4) is 0 Å². The summed E-state index contributed by atoms with van der Waals surface area (Å²) >= 11 is 7.68. The molecule has 0 amide bonds. The van der Waals surface area contributed by atoms with Crippen molar-refractivity contribution in [1.29, 1.82) is 0 Å². The van der Waals surface area contributed by atoms with Crippen LogP contribution in [0.4, 0.5) is 0 Å². The molecule has 2 aromatic rings. The molecule has 1 unspecified atom stereocenters. The van der Waals surface area contributed by atoms with Gasteiger partial charge in [-0.2, -0.15) is 0 Å². The summed E-state index contributed by atoms with van der Waals surface area (Å²) in [6, 6.07) is 4.07. The molecule has 0 spiro atoms. The minimum absolute atomic E-state index is 0.560. The lowest BCUT2D eigenvalue weighted by Crippen LogP contribution is -2.36. The Balaban J connectivity index is 2.02. The molecule has 1 atom stereocenters. The van der Waals surface area contributed by atoms with Crippen molar-refractivity contribution in [2.45, 2.75) is 32.4 Å². The molecule has 0 saturated heterocycles. The van der Waals surface area contributed by atoms with E-state index in [1.54, 1.807) is 17.5 Å². The fourth-order valence-corrected chi connectivity index (χ4v) is 2.94. The third-order valence-electron chi connectivity index (χ3n) is 3.01. The van der Waals surface area contributed by atoms with E-state index in [1.165, 1.54) is 4.88 Å². The van der Waals surface area contributed by atoms with E-state index >= 15 is 0 Å². The number of aliphatic hydroxyl groups is 1. The minimum atomic E-state index is -0.643. The minimum Gasteiger partial charge on any atom is -0.389 e. The number of hydrogen-bond acceptors (Lipinski definition) is 4. The van der Waals surface area contributed by atoms with Gasteiger partial charge in [0.25, 0.3) is 0 Å². The Morgan fingerprint density at radius 1 is 1.56 bits per heavy atom. The summed E-state index contributed by atoms with van der Waals surface area (Å²) in [6.07, 6.45) is 2.46. The summed E-state index contributed by atoms with van der Waals surface area (Å²) in [7, 11) is 0. The molecule has 0 saturated carbocycles. The van der Waals surface area contributed by atoms with Gasteiger partial charge in [0.15, 0.2) is 0 Å². The molecule has 2 aromatic heterocycles. The van der Waals surface area contributed by atoms with Crippen molar-refractivity contribution in [2.24, 2.45) is 0 Å². The van der Waals surface area contributed by atoms with Crippen molar-refractivity contribution in [1.82, 2.24) is 10.3 Å². The van der Waals surface area contributed by atoms with Crippen LogP contribution in [-0.4, -0.2) is 22.2 Å². The highest BCUT2D eigenvalue weighted by molar-refractivity contribution is 7.19. The highest BCUT2D eigenvalue weighted by Crippen LogP contribution is 2.30. The number of pyridine rings is 1. The van der Waals surface area contributed by atoms with Gasteiger partial charge in [-0.15, -0.1) is 11.3 Å². The Labute approximate surface area is 116 Å². The van der Waals surface area contributed by atoms with Gasteiger partial charge in [-0.3, -0.25) is 0 Å². The van der Waals surface area contributed by atoms with E-state index in [0.717, 1.165) is 23.1 Å². The number of fused-ring (bicyclic) bond motifs is 1. The molecule has 2 rings (SSSR count). The number of thiophene rings is 1. The van der Waals surface area contributed by atoms with Crippen LogP contribution in [-0.2, 0) is 6.54 Å². The third-order valence-corrected chi connectivity index (χ3v) is 4.56. The third kappa shape index (κ3) is 3.20. The van der Waals surface area contributed by atoms with E-state index in [0.29, 0.717) is 11.7 Å². The molecule has 0 fully saturated rings.